The number of anilines is 1. The highest BCUT2D eigenvalue weighted by molar-refractivity contribution is 5.91. The SMILES string of the molecule is NC(=O)[C@@H](N)CCC(=O)Nc1ccc(-n2cccc2)cc1. The number of carbonyl (C=O) groups excluding carboxylic acids is 2. The Bertz CT molecular complexity index is 605. The largest absolute Gasteiger partial charge is 0.368 e. The van der Waals surface area contributed by atoms with E-state index in [1.54, 1.807) is 0 Å². The van der Waals surface area contributed by atoms with Crippen LogP contribution in [0.1, 0.15) is 12.8 Å². The van der Waals surface area contributed by atoms with Crippen molar-refractivity contribution in [2.75, 3.05) is 5.32 Å². The summed E-state index contributed by atoms with van der Waals surface area (Å²) < 4.78 is 1.97. The lowest BCUT2D eigenvalue weighted by Crippen LogP contribution is -2.37. The maximum atomic E-state index is 11.7. The van der Waals surface area contributed by atoms with Gasteiger partial charge in [0.15, 0.2) is 0 Å². The Kier molecular flexibility index (Phi) is 4.73. The molecule has 0 aliphatic heterocycles. The van der Waals surface area contributed by atoms with E-state index in [9.17, 15) is 9.59 Å². The van der Waals surface area contributed by atoms with Gasteiger partial charge in [0.25, 0.3) is 0 Å². The minimum atomic E-state index is -0.785. The number of hydrogen-bond donors (Lipinski definition) is 3. The highest BCUT2D eigenvalue weighted by Gasteiger charge is 2.11. The van der Waals surface area contributed by atoms with Crippen LogP contribution in [0.2, 0.25) is 0 Å². The van der Waals surface area contributed by atoms with Crippen LogP contribution in [-0.4, -0.2) is 22.4 Å². The number of nitrogens with two attached hydrogens (primary N) is 2. The predicted octanol–water partition coefficient (Wildman–Crippen LogP) is 1.01. The molecule has 1 aromatic heterocycles. The summed E-state index contributed by atoms with van der Waals surface area (Å²) in [5, 5.41) is 2.75. The molecule has 0 fully saturated rings. The van der Waals surface area contributed by atoms with Gasteiger partial charge in [0.2, 0.25) is 11.8 Å². The number of nitrogens with one attached hydrogen (secondary N) is 1. The van der Waals surface area contributed by atoms with E-state index in [4.69, 9.17) is 11.5 Å². The van der Waals surface area contributed by atoms with E-state index < -0.39 is 11.9 Å². The Morgan fingerprint density at radius 3 is 2.33 bits per heavy atom. The summed E-state index contributed by atoms with van der Waals surface area (Å²) in [5.41, 5.74) is 12.2. The number of carbonyl (C=O) groups is 2. The summed E-state index contributed by atoms with van der Waals surface area (Å²) >= 11 is 0. The first-order valence-corrected chi connectivity index (χ1v) is 6.64. The van der Waals surface area contributed by atoms with Crippen LogP contribution < -0.4 is 16.8 Å². The van der Waals surface area contributed by atoms with Gasteiger partial charge < -0.3 is 21.4 Å². The topological polar surface area (TPSA) is 103 Å². The van der Waals surface area contributed by atoms with Crippen molar-refractivity contribution in [3.05, 3.63) is 48.8 Å². The molecule has 110 valence electrons. The highest BCUT2D eigenvalue weighted by atomic mass is 16.2. The van der Waals surface area contributed by atoms with E-state index in [1.165, 1.54) is 0 Å². The number of rotatable bonds is 6. The van der Waals surface area contributed by atoms with Crippen molar-refractivity contribution in [2.24, 2.45) is 11.5 Å². The summed E-state index contributed by atoms with van der Waals surface area (Å²) in [5.74, 6) is -0.792. The molecule has 0 aliphatic rings. The lowest BCUT2D eigenvalue weighted by atomic mass is 10.1. The summed E-state index contributed by atoms with van der Waals surface area (Å²) in [6, 6.07) is 10.6. The second-order valence-corrected chi connectivity index (χ2v) is 4.73. The zero-order valence-corrected chi connectivity index (χ0v) is 11.5. The number of hydrogen-bond acceptors (Lipinski definition) is 3. The third-order valence-electron chi connectivity index (χ3n) is 3.10. The second kappa shape index (κ2) is 6.71. The van der Waals surface area contributed by atoms with Crippen LogP contribution >= 0.6 is 0 Å². The minimum Gasteiger partial charge on any atom is -0.368 e. The standard InChI is InChI=1S/C15H18N4O2/c16-13(15(17)21)7-8-14(20)18-11-3-5-12(6-4-11)19-9-1-2-10-19/h1-6,9-10,13H,7-8,16H2,(H2,17,21)(H,18,20)/t13-/m0/s1. The van der Waals surface area contributed by atoms with E-state index in [0.717, 1.165) is 5.69 Å². The van der Waals surface area contributed by atoms with Crippen LogP contribution in [0.4, 0.5) is 5.69 Å². The Hall–Kier alpha value is -2.60. The molecule has 0 radical (unpaired) electrons. The quantitative estimate of drug-likeness (QED) is 0.738. The molecule has 0 aliphatic carbocycles. The smallest absolute Gasteiger partial charge is 0.234 e. The Balaban J connectivity index is 1.88. The molecule has 6 nitrogen and oxygen atoms in total. The fourth-order valence-electron chi connectivity index (χ4n) is 1.88. The molecule has 2 amide bonds. The highest BCUT2D eigenvalue weighted by Crippen LogP contribution is 2.14. The van der Waals surface area contributed by atoms with Gasteiger partial charge in [0.05, 0.1) is 6.04 Å². The number of primary amides is 1. The summed E-state index contributed by atoms with van der Waals surface area (Å²) in [4.78, 5) is 22.5. The molecule has 0 bridgehead atoms. The first kappa shape index (κ1) is 14.8. The molecule has 6 heteroatoms. The van der Waals surface area contributed by atoms with Gasteiger partial charge in [0, 0.05) is 30.2 Å². The molecule has 1 atom stereocenters. The predicted molar refractivity (Wildman–Crippen MR) is 80.8 cm³/mol. The minimum absolute atomic E-state index is 0.156. The maximum absolute atomic E-state index is 11.7. The fraction of sp³-hybridized carbons (Fsp3) is 0.200. The average Bonchev–Trinajstić information content (AvgIpc) is 2.99. The Morgan fingerprint density at radius 2 is 1.76 bits per heavy atom. The zero-order valence-electron chi connectivity index (χ0n) is 11.5. The maximum Gasteiger partial charge on any atom is 0.234 e. The van der Waals surface area contributed by atoms with Crippen molar-refractivity contribution < 1.29 is 9.59 Å². The lowest BCUT2D eigenvalue weighted by Gasteiger charge is -2.09. The summed E-state index contributed by atoms with van der Waals surface area (Å²) in [6.45, 7) is 0. The van der Waals surface area contributed by atoms with E-state index in [-0.39, 0.29) is 18.7 Å². The summed E-state index contributed by atoms with van der Waals surface area (Å²) in [7, 11) is 0. The van der Waals surface area contributed by atoms with Crippen LogP contribution in [0, 0.1) is 0 Å². The van der Waals surface area contributed by atoms with Crippen LogP contribution in [0.25, 0.3) is 5.69 Å². The van der Waals surface area contributed by atoms with Gasteiger partial charge in [-0.3, -0.25) is 9.59 Å². The van der Waals surface area contributed by atoms with Crippen molar-refractivity contribution in [3.8, 4) is 5.69 Å². The van der Waals surface area contributed by atoms with Gasteiger partial charge in [-0.2, -0.15) is 0 Å². The number of nitrogens with zero attached hydrogens (tertiary/aromatic N) is 1. The van der Waals surface area contributed by atoms with Crippen molar-refractivity contribution in [2.45, 2.75) is 18.9 Å². The first-order valence-electron chi connectivity index (χ1n) is 6.64. The fourth-order valence-corrected chi connectivity index (χ4v) is 1.88. The summed E-state index contributed by atoms with van der Waals surface area (Å²) in [6.07, 6.45) is 4.28. The van der Waals surface area contributed by atoms with Crippen LogP contribution in [-0.2, 0) is 9.59 Å². The van der Waals surface area contributed by atoms with Gasteiger partial charge in [-0.1, -0.05) is 0 Å². The molecule has 21 heavy (non-hydrogen) atoms. The van der Waals surface area contributed by atoms with Crippen LogP contribution in [0.5, 0.6) is 0 Å². The van der Waals surface area contributed by atoms with Gasteiger partial charge in [-0.15, -0.1) is 0 Å². The molecule has 0 unspecified atom stereocenters. The molecular weight excluding hydrogens is 268 g/mol. The van der Waals surface area contributed by atoms with Crippen molar-refractivity contribution in [1.82, 2.24) is 4.57 Å². The van der Waals surface area contributed by atoms with E-state index in [0.29, 0.717) is 5.69 Å². The third kappa shape index (κ3) is 4.19. The van der Waals surface area contributed by atoms with Gasteiger partial charge >= 0.3 is 0 Å². The van der Waals surface area contributed by atoms with Crippen molar-refractivity contribution in [3.63, 3.8) is 0 Å². The Labute approximate surface area is 122 Å². The molecule has 2 rings (SSSR count). The third-order valence-corrected chi connectivity index (χ3v) is 3.10. The number of amides is 2. The number of aromatic nitrogens is 1. The normalized spacial score (nSPS) is 11.9. The number of benzene rings is 1. The van der Waals surface area contributed by atoms with Crippen LogP contribution in [0.3, 0.4) is 0 Å². The Morgan fingerprint density at radius 1 is 1.14 bits per heavy atom. The second-order valence-electron chi connectivity index (χ2n) is 4.73. The molecule has 0 saturated carbocycles. The lowest BCUT2D eigenvalue weighted by molar-refractivity contribution is -0.119. The molecule has 2 aromatic rings. The molecular formula is C15H18N4O2. The van der Waals surface area contributed by atoms with Gasteiger partial charge in [-0.25, -0.2) is 0 Å². The van der Waals surface area contributed by atoms with Crippen molar-refractivity contribution >= 4 is 17.5 Å². The molecule has 0 saturated heterocycles. The van der Waals surface area contributed by atoms with E-state index in [2.05, 4.69) is 5.32 Å². The van der Waals surface area contributed by atoms with Crippen LogP contribution in [0.15, 0.2) is 48.8 Å². The molecule has 1 heterocycles. The molecule has 5 N–H and O–H groups in total. The zero-order chi connectivity index (χ0) is 15.2. The average molecular weight is 286 g/mol. The van der Waals surface area contributed by atoms with E-state index in [1.807, 2.05) is 53.4 Å². The monoisotopic (exact) mass is 286 g/mol. The first-order chi connectivity index (χ1) is 10.1. The van der Waals surface area contributed by atoms with Crippen molar-refractivity contribution in [1.29, 1.82) is 0 Å². The van der Waals surface area contributed by atoms with Gasteiger partial charge in [0.1, 0.15) is 0 Å². The molecule has 0 spiro atoms. The van der Waals surface area contributed by atoms with E-state index >= 15 is 0 Å². The van der Waals surface area contributed by atoms with Gasteiger partial charge in [-0.05, 0) is 42.8 Å². The molecule has 1 aromatic carbocycles.